The van der Waals surface area contributed by atoms with Crippen LogP contribution < -0.4 is 5.32 Å². The second-order valence-corrected chi connectivity index (χ2v) is 5.08. The van der Waals surface area contributed by atoms with Crippen LogP contribution in [0.15, 0.2) is 0 Å². The highest BCUT2D eigenvalue weighted by Gasteiger charge is 2.35. The van der Waals surface area contributed by atoms with E-state index in [4.69, 9.17) is 4.74 Å². The Morgan fingerprint density at radius 1 is 1.75 bits per heavy atom. The minimum Gasteiger partial charge on any atom is -0.465 e. The van der Waals surface area contributed by atoms with Gasteiger partial charge in [0.2, 0.25) is 0 Å². The molecule has 0 saturated carbocycles. The minimum absolute atomic E-state index is 0.0113. The second-order valence-electron chi connectivity index (χ2n) is 3.25. The normalized spacial score (nSPS) is 27.1. The summed E-state index contributed by atoms with van der Waals surface area (Å²) in [6, 6.07) is 0. The van der Waals surface area contributed by atoms with E-state index in [1.807, 2.05) is 6.92 Å². The third kappa shape index (κ3) is 2.38. The van der Waals surface area contributed by atoms with Crippen LogP contribution in [0.5, 0.6) is 0 Å². The molecule has 1 aliphatic heterocycles. The van der Waals surface area contributed by atoms with Crippen molar-refractivity contribution in [3.8, 4) is 0 Å². The molecule has 1 rings (SSSR count). The molecule has 70 valence electrons. The monoisotopic (exact) mass is 189 g/mol. The largest absolute Gasteiger partial charge is 0.465 e. The zero-order valence-electron chi connectivity index (χ0n) is 7.72. The Labute approximate surface area is 77.2 Å². The molecule has 1 N–H and O–H groups in total. The molecular weight excluding hydrogens is 174 g/mol. The van der Waals surface area contributed by atoms with Gasteiger partial charge in [0, 0.05) is 6.54 Å². The number of nitrogens with one attached hydrogen (secondary N) is 1. The molecule has 0 aromatic rings. The molecule has 0 aliphatic carbocycles. The van der Waals surface area contributed by atoms with Gasteiger partial charge in [-0.15, -0.1) is 11.8 Å². The zero-order valence-corrected chi connectivity index (χ0v) is 8.53. The molecule has 0 radical (unpaired) electrons. The van der Waals surface area contributed by atoms with Gasteiger partial charge in [-0.05, 0) is 20.8 Å². The number of thioether (sulfide) groups is 1. The fourth-order valence-corrected chi connectivity index (χ4v) is 2.35. The predicted octanol–water partition coefficient (Wildman–Crippen LogP) is 0.991. The first-order chi connectivity index (χ1) is 5.55. The molecule has 1 saturated heterocycles. The van der Waals surface area contributed by atoms with Crippen molar-refractivity contribution in [1.82, 2.24) is 5.32 Å². The first-order valence-electron chi connectivity index (χ1n) is 4.14. The second kappa shape index (κ2) is 3.66. The van der Waals surface area contributed by atoms with Gasteiger partial charge in [-0.3, -0.25) is 4.79 Å². The number of hydrogen-bond donors (Lipinski definition) is 1. The Morgan fingerprint density at radius 3 is 2.83 bits per heavy atom. The summed E-state index contributed by atoms with van der Waals surface area (Å²) in [5.41, 5.74) is 0. The Balaban J connectivity index is 2.41. The molecule has 0 aromatic heterocycles. The molecule has 1 atom stereocenters. The topological polar surface area (TPSA) is 38.3 Å². The highest BCUT2D eigenvalue weighted by Crippen LogP contribution is 2.32. The highest BCUT2D eigenvalue weighted by molar-refractivity contribution is 8.02. The molecule has 0 amide bonds. The average molecular weight is 189 g/mol. The van der Waals surface area contributed by atoms with Crippen molar-refractivity contribution in [2.45, 2.75) is 30.9 Å². The summed E-state index contributed by atoms with van der Waals surface area (Å²) in [5, 5.41) is 3.22. The summed E-state index contributed by atoms with van der Waals surface area (Å²) >= 11 is 1.63. The van der Waals surface area contributed by atoms with E-state index in [9.17, 15) is 4.79 Å². The van der Waals surface area contributed by atoms with Gasteiger partial charge in [0.25, 0.3) is 0 Å². The number of esters is 1. The average Bonchev–Trinajstić information content (AvgIpc) is 2.31. The van der Waals surface area contributed by atoms with E-state index in [1.165, 1.54) is 0 Å². The quantitative estimate of drug-likeness (QED) is 0.657. The number of carbonyl (C=O) groups is 1. The molecule has 3 nitrogen and oxygen atoms in total. The van der Waals surface area contributed by atoms with Crippen molar-refractivity contribution >= 4 is 17.7 Å². The summed E-state index contributed by atoms with van der Waals surface area (Å²) in [7, 11) is 0. The van der Waals surface area contributed by atoms with Crippen LogP contribution in [0.4, 0.5) is 0 Å². The van der Waals surface area contributed by atoms with Crippen LogP contribution in [-0.2, 0) is 9.53 Å². The van der Waals surface area contributed by atoms with Gasteiger partial charge in [-0.25, -0.2) is 0 Å². The van der Waals surface area contributed by atoms with Crippen molar-refractivity contribution in [3.63, 3.8) is 0 Å². The van der Waals surface area contributed by atoms with E-state index < -0.39 is 0 Å². The Bertz CT molecular complexity index is 182. The molecule has 1 unspecified atom stereocenters. The zero-order chi connectivity index (χ0) is 9.19. The Kier molecular flexibility index (Phi) is 3.01. The van der Waals surface area contributed by atoms with E-state index in [2.05, 4.69) is 19.2 Å². The summed E-state index contributed by atoms with van der Waals surface area (Å²) in [6.07, 6.45) is 0. The maximum atomic E-state index is 11.3. The lowest BCUT2D eigenvalue weighted by molar-refractivity contribution is -0.142. The van der Waals surface area contributed by atoms with Gasteiger partial charge in [0.05, 0.1) is 11.5 Å². The molecular formula is C8H15NO2S. The van der Waals surface area contributed by atoms with Gasteiger partial charge < -0.3 is 10.1 Å². The van der Waals surface area contributed by atoms with Crippen molar-refractivity contribution in [2.75, 3.05) is 13.2 Å². The van der Waals surface area contributed by atoms with Crippen LogP contribution in [0.25, 0.3) is 0 Å². The smallest absolute Gasteiger partial charge is 0.320 e. The molecule has 0 spiro atoms. The summed E-state index contributed by atoms with van der Waals surface area (Å²) in [5.74, 6) is -0.0967. The van der Waals surface area contributed by atoms with E-state index in [1.54, 1.807) is 11.8 Å². The standard InChI is InChI=1S/C8H15NO2S/c1-4-11-7(10)6-5-9-8(2,3)12-6/h6,9H,4-5H2,1-3H3. The predicted molar refractivity (Wildman–Crippen MR) is 50.1 cm³/mol. The summed E-state index contributed by atoms with van der Waals surface area (Å²) < 4.78 is 4.92. The maximum Gasteiger partial charge on any atom is 0.320 e. The van der Waals surface area contributed by atoms with Gasteiger partial charge in [-0.1, -0.05) is 0 Å². The lowest BCUT2D eigenvalue weighted by Gasteiger charge is -2.16. The SMILES string of the molecule is CCOC(=O)C1CNC(C)(C)S1. The fourth-order valence-electron chi connectivity index (χ4n) is 1.14. The Hall–Kier alpha value is -0.220. The van der Waals surface area contributed by atoms with Crippen LogP contribution in [-0.4, -0.2) is 29.2 Å². The summed E-state index contributed by atoms with van der Waals surface area (Å²) in [4.78, 5) is 11.3. The number of hydrogen-bond acceptors (Lipinski definition) is 4. The van der Waals surface area contributed by atoms with Crippen LogP contribution in [0.3, 0.4) is 0 Å². The van der Waals surface area contributed by atoms with Gasteiger partial charge in [-0.2, -0.15) is 0 Å². The van der Waals surface area contributed by atoms with Crippen LogP contribution >= 0.6 is 11.8 Å². The lowest BCUT2D eigenvalue weighted by Crippen LogP contribution is -2.30. The van der Waals surface area contributed by atoms with Gasteiger partial charge >= 0.3 is 5.97 Å². The maximum absolute atomic E-state index is 11.3. The molecule has 0 bridgehead atoms. The van der Waals surface area contributed by atoms with Gasteiger partial charge in [0.1, 0.15) is 5.25 Å². The van der Waals surface area contributed by atoms with E-state index in [0.717, 1.165) is 6.54 Å². The van der Waals surface area contributed by atoms with Crippen molar-refractivity contribution in [3.05, 3.63) is 0 Å². The first-order valence-corrected chi connectivity index (χ1v) is 5.02. The van der Waals surface area contributed by atoms with Crippen LogP contribution in [0.1, 0.15) is 20.8 Å². The molecule has 4 heteroatoms. The summed E-state index contributed by atoms with van der Waals surface area (Å²) in [6.45, 7) is 7.15. The Morgan fingerprint density at radius 2 is 2.42 bits per heavy atom. The van der Waals surface area contributed by atoms with E-state index in [-0.39, 0.29) is 16.1 Å². The lowest BCUT2D eigenvalue weighted by atomic mass is 10.3. The van der Waals surface area contributed by atoms with Crippen LogP contribution in [0, 0.1) is 0 Å². The van der Waals surface area contributed by atoms with E-state index >= 15 is 0 Å². The number of ether oxygens (including phenoxy) is 1. The highest BCUT2D eigenvalue weighted by atomic mass is 32.2. The van der Waals surface area contributed by atoms with E-state index in [0.29, 0.717) is 6.61 Å². The first kappa shape index (κ1) is 9.86. The molecule has 1 fully saturated rings. The molecule has 12 heavy (non-hydrogen) atoms. The minimum atomic E-state index is -0.0967. The molecule has 1 heterocycles. The number of carbonyl (C=O) groups excluding carboxylic acids is 1. The molecule has 1 aliphatic rings. The number of rotatable bonds is 2. The van der Waals surface area contributed by atoms with Crippen LogP contribution in [0.2, 0.25) is 0 Å². The third-order valence-electron chi connectivity index (χ3n) is 1.70. The van der Waals surface area contributed by atoms with Crippen molar-refractivity contribution < 1.29 is 9.53 Å². The third-order valence-corrected chi connectivity index (χ3v) is 3.08. The van der Waals surface area contributed by atoms with Crippen molar-refractivity contribution in [2.24, 2.45) is 0 Å². The molecule has 0 aromatic carbocycles. The van der Waals surface area contributed by atoms with Gasteiger partial charge in [0.15, 0.2) is 0 Å². The van der Waals surface area contributed by atoms with Crippen molar-refractivity contribution in [1.29, 1.82) is 0 Å². The fraction of sp³-hybridized carbons (Fsp3) is 0.875.